The van der Waals surface area contributed by atoms with Crippen molar-refractivity contribution < 1.29 is 62.7 Å². The van der Waals surface area contributed by atoms with Gasteiger partial charge in [0.15, 0.2) is 5.78 Å². The van der Waals surface area contributed by atoms with Crippen molar-refractivity contribution >= 4 is 35.2 Å². The van der Waals surface area contributed by atoms with Gasteiger partial charge in [0.05, 0.1) is 24.2 Å². The van der Waals surface area contributed by atoms with Gasteiger partial charge in [-0.15, -0.1) is 0 Å². The van der Waals surface area contributed by atoms with E-state index in [9.17, 15) is 39.0 Å². The molecule has 14 heteroatoms. The lowest BCUT2D eigenvalue weighted by atomic mass is 9.78. The van der Waals surface area contributed by atoms with Crippen LogP contribution in [0.2, 0.25) is 0 Å². The van der Waals surface area contributed by atoms with Crippen LogP contribution in [0.15, 0.2) is 47.6 Å². The zero-order valence-corrected chi connectivity index (χ0v) is 44.8. The molecule has 14 atom stereocenters. The first-order chi connectivity index (χ1) is 33.0. The van der Waals surface area contributed by atoms with E-state index in [1.54, 1.807) is 48.0 Å². The largest absolute Gasteiger partial charge is 0.462 e. The average Bonchev–Trinajstić information content (AvgIpc) is 3.33. The Morgan fingerprint density at radius 1 is 0.900 bits per heavy atom. The first kappa shape index (κ1) is 60.5. The van der Waals surface area contributed by atoms with E-state index in [1.807, 2.05) is 71.9 Å². The Kier molecular flexibility index (Phi) is 25.1. The number of esters is 2. The second-order valence-electron chi connectivity index (χ2n) is 21.5. The lowest BCUT2D eigenvalue weighted by Crippen LogP contribution is -2.53. The van der Waals surface area contributed by atoms with Crippen molar-refractivity contribution in [3.63, 3.8) is 0 Å². The van der Waals surface area contributed by atoms with Crippen LogP contribution < -0.4 is 0 Å². The highest BCUT2D eigenvalue weighted by Gasteiger charge is 2.42. The molecule has 2 N–H and O–H groups in total. The van der Waals surface area contributed by atoms with E-state index in [2.05, 4.69) is 0 Å². The molecule has 2 aliphatic heterocycles. The normalized spacial score (nSPS) is 26.4. The third kappa shape index (κ3) is 17.7. The van der Waals surface area contributed by atoms with Gasteiger partial charge in [0.1, 0.15) is 36.2 Å². The van der Waals surface area contributed by atoms with Crippen LogP contribution in [0.1, 0.15) is 153 Å². The van der Waals surface area contributed by atoms with Crippen molar-refractivity contribution in [2.75, 3.05) is 27.9 Å². The van der Waals surface area contributed by atoms with Crippen LogP contribution >= 0.6 is 0 Å². The Labute approximate surface area is 419 Å². The summed E-state index contributed by atoms with van der Waals surface area (Å²) in [6.45, 7) is 18.5. The van der Waals surface area contributed by atoms with Gasteiger partial charge in [0.25, 0.3) is 5.91 Å². The van der Waals surface area contributed by atoms with Crippen molar-refractivity contribution in [3.05, 3.63) is 47.6 Å². The lowest BCUT2D eigenvalue weighted by molar-refractivity contribution is -0.167. The maximum absolute atomic E-state index is 14.1. The van der Waals surface area contributed by atoms with E-state index < -0.39 is 65.4 Å². The van der Waals surface area contributed by atoms with Crippen molar-refractivity contribution in [1.82, 2.24) is 4.90 Å². The molecule has 0 spiro atoms. The number of piperidine rings is 1. The Hall–Kier alpha value is -3.82. The number of methoxy groups -OCH3 is 3. The zero-order valence-electron chi connectivity index (χ0n) is 44.8. The van der Waals surface area contributed by atoms with E-state index >= 15 is 0 Å². The number of carbonyl (C=O) groups is 6. The Morgan fingerprint density at radius 2 is 1.60 bits per heavy atom. The number of aliphatic hydroxyl groups excluding tert-OH is 2. The van der Waals surface area contributed by atoms with Gasteiger partial charge >= 0.3 is 11.9 Å². The van der Waals surface area contributed by atoms with E-state index in [0.717, 1.165) is 24.8 Å². The summed E-state index contributed by atoms with van der Waals surface area (Å²) in [7, 11) is 4.61. The van der Waals surface area contributed by atoms with Crippen LogP contribution in [-0.4, -0.2) is 127 Å². The number of likely N-dealkylation sites (tertiary alicyclic amines) is 1. The number of hydrogen-bond donors (Lipinski definition) is 2. The fourth-order valence-electron chi connectivity index (χ4n) is 9.97. The van der Waals surface area contributed by atoms with Gasteiger partial charge < -0.3 is 38.8 Å². The van der Waals surface area contributed by atoms with Gasteiger partial charge in [-0.1, -0.05) is 91.8 Å². The molecular weight excluding hydrogens is 895 g/mol. The third-order valence-electron chi connectivity index (χ3n) is 15.3. The molecular formula is C56H89NO13. The van der Waals surface area contributed by atoms with Crippen molar-refractivity contribution in [1.29, 1.82) is 0 Å². The van der Waals surface area contributed by atoms with Crippen molar-refractivity contribution in [2.45, 2.75) is 201 Å². The molecule has 0 aromatic rings. The third-order valence-corrected chi connectivity index (χ3v) is 15.3. The number of Topliss-reactive ketones (excluding diaryl/α,β-unsaturated/α-hetero) is 3. The van der Waals surface area contributed by atoms with Gasteiger partial charge in [-0.2, -0.15) is 0 Å². The number of cyclic esters (lactones) is 1. The molecule has 0 radical (unpaired) electrons. The maximum atomic E-state index is 14.1. The SMILES string of the molecule is CCC(C)(C)C(=O)C(=O)N1CCCCC1C(=O)O[C@@H](CC(=O)[C@H](C)/C=C(\C)[C@@H](O)[C@@H](OC)C(=O)[C@H](C)C[C@H](C)/C=C/C=C/C=C(\C)[C@H](CC1CCC(C)C(=O)O1)OC)[C@H](C)CC1CC[C@@H](O)[C@H](OC)C1. The first-order valence-electron chi connectivity index (χ1n) is 26.0. The summed E-state index contributed by atoms with van der Waals surface area (Å²) in [5, 5.41) is 21.9. The summed E-state index contributed by atoms with van der Waals surface area (Å²) in [5.74, 6) is -3.89. The molecule has 14 nitrogen and oxygen atoms in total. The number of hydrogen-bond acceptors (Lipinski definition) is 13. The maximum Gasteiger partial charge on any atom is 0.329 e. The monoisotopic (exact) mass is 984 g/mol. The number of rotatable bonds is 27. The fraction of sp³-hybridized carbons (Fsp3) is 0.750. The molecule has 396 valence electrons. The molecule has 0 aromatic carbocycles. The highest BCUT2D eigenvalue weighted by molar-refractivity contribution is 6.38. The van der Waals surface area contributed by atoms with Crippen LogP contribution in [0.3, 0.4) is 0 Å². The summed E-state index contributed by atoms with van der Waals surface area (Å²) < 4.78 is 28.7. The summed E-state index contributed by atoms with van der Waals surface area (Å²) in [6.07, 6.45) is 14.1. The Morgan fingerprint density at radius 3 is 2.23 bits per heavy atom. The predicted molar refractivity (Wildman–Crippen MR) is 269 cm³/mol. The quantitative estimate of drug-likeness (QED) is 0.0345. The molecule has 1 amide bonds. The van der Waals surface area contributed by atoms with E-state index in [0.29, 0.717) is 63.4 Å². The summed E-state index contributed by atoms with van der Waals surface area (Å²) >= 11 is 0. The number of allylic oxidation sites excluding steroid dienone is 6. The first-order valence-corrected chi connectivity index (χ1v) is 26.0. The number of carbonyl (C=O) groups excluding carboxylic acids is 6. The smallest absolute Gasteiger partial charge is 0.329 e. The molecule has 70 heavy (non-hydrogen) atoms. The highest BCUT2D eigenvalue weighted by atomic mass is 16.6. The van der Waals surface area contributed by atoms with Crippen LogP contribution in [0, 0.1) is 40.9 Å². The molecule has 0 bridgehead atoms. The zero-order chi connectivity index (χ0) is 52.5. The topological polar surface area (TPSA) is 192 Å². The van der Waals surface area contributed by atoms with E-state index in [-0.39, 0.29) is 72.5 Å². The van der Waals surface area contributed by atoms with Crippen LogP contribution in [0.4, 0.5) is 0 Å². The minimum atomic E-state index is -1.32. The molecule has 3 aliphatic rings. The standard InChI is InChI=1S/C56H89NO13/c1-14-56(9,10)52(62)53(63)57-27-19-18-22-43(57)55(65)70-47(38(6)30-41-24-26-44(58)48(31-41)67-12)33-45(59)37(5)29-40(8)50(61)51(68-13)49(60)39(7)28-34(2)20-16-15-17-21-35(3)46(66-11)32-42-25-23-36(4)54(64)69-42/h15-17,20-21,29,34,36-39,41-44,46-48,50-51,58,61H,14,18-19,22-28,30-33H2,1-13H3/b17-15+,20-16+,35-21+,40-29+/t34-,36?,37-,38-,39-,41?,42?,43?,44-,46+,47+,48-,50-,51+/m1/s1. The fourth-order valence-corrected chi connectivity index (χ4v) is 9.97. The number of amides is 1. The van der Waals surface area contributed by atoms with Gasteiger partial charge in [-0.05, 0) is 113 Å². The van der Waals surface area contributed by atoms with Gasteiger partial charge in [0, 0.05) is 58.0 Å². The number of ketones is 3. The summed E-state index contributed by atoms with van der Waals surface area (Å²) in [5.41, 5.74) is 0.519. The van der Waals surface area contributed by atoms with Gasteiger partial charge in [0.2, 0.25) is 5.78 Å². The second kappa shape index (κ2) is 29.0. The molecule has 3 rings (SSSR count). The highest BCUT2D eigenvalue weighted by Crippen LogP contribution is 2.35. The second-order valence-corrected chi connectivity index (χ2v) is 21.5. The number of nitrogens with zero attached hydrogens (tertiary/aromatic N) is 1. The molecule has 3 fully saturated rings. The van der Waals surface area contributed by atoms with E-state index in [1.165, 1.54) is 12.0 Å². The molecule has 4 unspecified atom stereocenters. The lowest BCUT2D eigenvalue weighted by Gasteiger charge is -2.37. The molecule has 1 aliphatic carbocycles. The summed E-state index contributed by atoms with van der Waals surface area (Å²) in [6, 6.07) is -0.958. The van der Waals surface area contributed by atoms with Crippen molar-refractivity contribution in [3.8, 4) is 0 Å². The van der Waals surface area contributed by atoms with Crippen molar-refractivity contribution in [2.24, 2.45) is 40.9 Å². The van der Waals surface area contributed by atoms with Crippen LogP contribution in [0.25, 0.3) is 0 Å². The molecule has 1 saturated carbocycles. The van der Waals surface area contributed by atoms with Gasteiger partial charge in [-0.3, -0.25) is 24.0 Å². The average molecular weight is 984 g/mol. The van der Waals surface area contributed by atoms with Gasteiger partial charge in [-0.25, -0.2) is 4.79 Å². The Balaban J connectivity index is 1.68. The summed E-state index contributed by atoms with van der Waals surface area (Å²) in [4.78, 5) is 82.2. The minimum absolute atomic E-state index is 0.0284. The minimum Gasteiger partial charge on any atom is -0.462 e. The molecule has 2 saturated heterocycles. The number of aliphatic hydroxyl groups is 2. The molecule has 0 aromatic heterocycles. The predicted octanol–water partition coefficient (Wildman–Crippen LogP) is 8.44. The van der Waals surface area contributed by atoms with Crippen LogP contribution in [0.5, 0.6) is 0 Å². The van der Waals surface area contributed by atoms with Crippen LogP contribution in [-0.2, 0) is 52.5 Å². The van der Waals surface area contributed by atoms with E-state index in [4.69, 9.17) is 23.7 Å². The Bertz CT molecular complexity index is 1870. The molecule has 2 heterocycles. The number of ether oxygens (including phenoxy) is 5.